The normalized spacial score (nSPS) is 10.9. The Morgan fingerprint density at radius 1 is 1.26 bits per heavy atom. The standard InChI is InChI=1S/C15H17NO2S/c1-10(2)13-14(15(17)18)19-12(16-13)9-8-11-6-4-3-5-7-11/h3-7,10H,8-9H2,1-2H3,(H,17,18). The Hall–Kier alpha value is -1.68. The van der Waals surface area contributed by atoms with Crippen LogP contribution in [0.25, 0.3) is 0 Å². The van der Waals surface area contributed by atoms with Crippen molar-refractivity contribution < 1.29 is 9.90 Å². The first-order chi connectivity index (χ1) is 9.08. The molecule has 0 aliphatic heterocycles. The summed E-state index contributed by atoms with van der Waals surface area (Å²) in [6, 6.07) is 10.2. The number of hydrogen-bond donors (Lipinski definition) is 1. The van der Waals surface area contributed by atoms with Gasteiger partial charge in [0.25, 0.3) is 0 Å². The highest BCUT2D eigenvalue weighted by atomic mass is 32.1. The van der Waals surface area contributed by atoms with Gasteiger partial charge in [-0.3, -0.25) is 0 Å². The summed E-state index contributed by atoms with van der Waals surface area (Å²) < 4.78 is 0. The van der Waals surface area contributed by atoms with Gasteiger partial charge in [-0.15, -0.1) is 11.3 Å². The maximum Gasteiger partial charge on any atom is 0.347 e. The van der Waals surface area contributed by atoms with Crippen LogP contribution in [-0.4, -0.2) is 16.1 Å². The van der Waals surface area contributed by atoms with Gasteiger partial charge in [0.2, 0.25) is 0 Å². The molecule has 0 spiro atoms. The Labute approximate surface area is 116 Å². The summed E-state index contributed by atoms with van der Waals surface area (Å²) in [4.78, 5) is 16.1. The van der Waals surface area contributed by atoms with E-state index in [1.807, 2.05) is 32.0 Å². The van der Waals surface area contributed by atoms with Crippen LogP contribution in [0.5, 0.6) is 0 Å². The van der Waals surface area contributed by atoms with E-state index >= 15 is 0 Å². The molecule has 0 aliphatic rings. The van der Waals surface area contributed by atoms with Crippen LogP contribution >= 0.6 is 11.3 Å². The third-order valence-electron chi connectivity index (χ3n) is 2.91. The van der Waals surface area contributed by atoms with Crippen LogP contribution in [0, 0.1) is 0 Å². The van der Waals surface area contributed by atoms with Crippen LogP contribution in [0.3, 0.4) is 0 Å². The van der Waals surface area contributed by atoms with E-state index in [9.17, 15) is 9.90 Å². The number of aryl methyl sites for hydroxylation is 2. The number of carboxylic acids is 1. The minimum absolute atomic E-state index is 0.146. The average molecular weight is 275 g/mol. The van der Waals surface area contributed by atoms with Crippen molar-refractivity contribution in [2.45, 2.75) is 32.6 Å². The van der Waals surface area contributed by atoms with Gasteiger partial charge in [-0.25, -0.2) is 9.78 Å². The van der Waals surface area contributed by atoms with Crippen molar-refractivity contribution in [1.82, 2.24) is 4.98 Å². The number of carbonyl (C=O) groups is 1. The molecule has 0 aliphatic carbocycles. The van der Waals surface area contributed by atoms with Crippen LogP contribution in [0.1, 0.15) is 45.7 Å². The Morgan fingerprint density at radius 3 is 2.47 bits per heavy atom. The molecule has 1 aromatic heterocycles. The van der Waals surface area contributed by atoms with Crippen molar-refractivity contribution in [2.24, 2.45) is 0 Å². The van der Waals surface area contributed by atoms with Gasteiger partial charge in [0.15, 0.2) is 0 Å². The number of hydrogen-bond acceptors (Lipinski definition) is 3. The van der Waals surface area contributed by atoms with E-state index in [1.165, 1.54) is 16.9 Å². The molecule has 0 radical (unpaired) electrons. The zero-order valence-corrected chi connectivity index (χ0v) is 11.9. The summed E-state index contributed by atoms with van der Waals surface area (Å²) in [5.41, 5.74) is 1.96. The Kier molecular flexibility index (Phi) is 4.32. The van der Waals surface area contributed by atoms with Crippen molar-refractivity contribution in [3.8, 4) is 0 Å². The topological polar surface area (TPSA) is 50.2 Å². The summed E-state index contributed by atoms with van der Waals surface area (Å²) >= 11 is 1.30. The van der Waals surface area contributed by atoms with Gasteiger partial charge in [0.1, 0.15) is 4.88 Å². The summed E-state index contributed by atoms with van der Waals surface area (Å²) in [7, 11) is 0. The van der Waals surface area contributed by atoms with Crippen LogP contribution in [0.4, 0.5) is 0 Å². The quantitative estimate of drug-likeness (QED) is 0.904. The zero-order chi connectivity index (χ0) is 13.8. The molecule has 0 bridgehead atoms. The highest BCUT2D eigenvalue weighted by Gasteiger charge is 2.19. The first kappa shape index (κ1) is 13.7. The van der Waals surface area contributed by atoms with Crippen molar-refractivity contribution in [2.75, 3.05) is 0 Å². The molecule has 0 fully saturated rings. The lowest BCUT2D eigenvalue weighted by Gasteiger charge is -2.00. The lowest BCUT2D eigenvalue weighted by Crippen LogP contribution is -2.00. The third-order valence-corrected chi connectivity index (χ3v) is 4.03. The number of carboxylic acid groups (broad SMARTS) is 1. The molecule has 2 rings (SSSR count). The largest absolute Gasteiger partial charge is 0.477 e. The summed E-state index contributed by atoms with van der Waals surface area (Å²) in [6.45, 7) is 3.95. The molecule has 19 heavy (non-hydrogen) atoms. The monoisotopic (exact) mass is 275 g/mol. The Balaban J connectivity index is 2.13. The van der Waals surface area contributed by atoms with Gasteiger partial charge < -0.3 is 5.11 Å². The van der Waals surface area contributed by atoms with Crippen LogP contribution in [0.15, 0.2) is 30.3 Å². The van der Waals surface area contributed by atoms with Gasteiger partial charge in [0, 0.05) is 6.42 Å². The number of aromatic carboxylic acids is 1. The zero-order valence-electron chi connectivity index (χ0n) is 11.1. The molecule has 0 saturated heterocycles. The minimum atomic E-state index is -0.868. The highest BCUT2D eigenvalue weighted by Crippen LogP contribution is 2.26. The number of aromatic nitrogens is 1. The second kappa shape index (κ2) is 5.97. The first-order valence-electron chi connectivity index (χ1n) is 6.34. The van der Waals surface area contributed by atoms with E-state index in [2.05, 4.69) is 17.1 Å². The Morgan fingerprint density at radius 2 is 1.95 bits per heavy atom. The van der Waals surface area contributed by atoms with Crippen molar-refractivity contribution in [1.29, 1.82) is 0 Å². The molecule has 0 atom stereocenters. The second-order valence-corrected chi connectivity index (χ2v) is 5.85. The van der Waals surface area contributed by atoms with Crippen LogP contribution in [-0.2, 0) is 12.8 Å². The van der Waals surface area contributed by atoms with E-state index in [1.54, 1.807) is 0 Å². The molecule has 1 heterocycles. The summed E-state index contributed by atoms with van der Waals surface area (Å²) in [5.74, 6) is -0.722. The molecular weight excluding hydrogens is 258 g/mol. The second-order valence-electron chi connectivity index (χ2n) is 4.77. The lowest BCUT2D eigenvalue weighted by atomic mass is 10.1. The molecule has 4 heteroatoms. The molecule has 3 nitrogen and oxygen atoms in total. The molecule has 1 N–H and O–H groups in total. The van der Waals surface area contributed by atoms with Gasteiger partial charge >= 0.3 is 5.97 Å². The maximum absolute atomic E-state index is 11.2. The van der Waals surface area contributed by atoms with E-state index < -0.39 is 5.97 Å². The molecule has 0 saturated carbocycles. The fraction of sp³-hybridized carbons (Fsp3) is 0.333. The fourth-order valence-corrected chi connectivity index (χ4v) is 2.98. The lowest BCUT2D eigenvalue weighted by molar-refractivity contribution is 0.0700. The van der Waals surface area contributed by atoms with Crippen LogP contribution in [0.2, 0.25) is 0 Å². The number of benzene rings is 1. The smallest absolute Gasteiger partial charge is 0.347 e. The molecule has 0 unspecified atom stereocenters. The molecule has 0 amide bonds. The van der Waals surface area contributed by atoms with Crippen molar-refractivity contribution in [3.05, 3.63) is 51.5 Å². The van der Waals surface area contributed by atoms with Gasteiger partial charge in [-0.05, 0) is 17.9 Å². The highest BCUT2D eigenvalue weighted by molar-refractivity contribution is 7.13. The van der Waals surface area contributed by atoms with E-state index in [0.29, 0.717) is 10.6 Å². The molecular formula is C15H17NO2S. The molecule has 100 valence electrons. The predicted octanol–water partition coefficient (Wildman–Crippen LogP) is 3.75. The van der Waals surface area contributed by atoms with E-state index in [4.69, 9.17) is 0 Å². The summed E-state index contributed by atoms with van der Waals surface area (Å²) in [5, 5.41) is 10.1. The Bertz CT molecular complexity index is 561. The van der Waals surface area contributed by atoms with Crippen LogP contribution < -0.4 is 0 Å². The van der Waals surface area contributed by atoms with Crippen molar-refractivity contribution in [3.63, 3.8) is 0 Å². The minimum Gasteiger partial charge on any atom is -0.477 e. The van der Waals surface area contributed by atoms with Gasteiger partial charge in [0.05, 0.1) is 10.7 Å². The maximum atomic E-state index is 11.2. The molecule has 2 aromatic rings. The number of rotatable bonds is 5. The average Bonchev–Trinajstić information content (AvgIpc) is 2.82. The third kappa shape index (κ3) is 3.41. The number of thiazole rings is 1. The molecule has 1 aromatic carbocycles. The SMILES string of the molecule is CC(C)c1nc(CCc2ccccc2)sc1C(=O)O. The van der Waals surface area contributed by atoms with Gasteiger partial charge in [-0.1, -0.05) is 44.2 Å². The van der Waals surface area contributed by atoms with Gasteiger partial charge in [-0.2, -0.15) is 0 Å². The summed E-state index contributed by atoms with van der Waals surface area (Å²) in [6.07, 6.45) is 1.69. The fourth-order valence-electron chi connectivity index (χ4n) is 1.93. The first-order valence-corrected chi connectivity index (χ1v) is 7.16. The number of nitrogens with zero attached hydrogens (tertiary/aromatic N) is 1. The van der Waals surface area contributed by atoms with E-state index in [0.717, 1.165) is 17.8 Å². The van der Waals surface area contributed by atoms with E-state index in [-0.39, 0.29) is 5.92 Å². The predicted molar refractivity (Wildman–Crippen MR) is 77.0 cm³/mol. The van der Waals surface area contributed by atoms with Crippen molar-refractivity contribution >= 4 is 17.3 Å².